The van der Waals surface area contributed by atoms with Gasteiger partial charge in [0.25, 0.3) is 0 Å². The van der Waals surface area contributed by atoms with Crippen molar-refractivity contribution in [2.24, 2.45) is 5.92 Å². The number of carbonyl (C=O) groups is 2. The predicted molar refractivity (Wildman–Crippen MR) is 60.9 cm³/mol. The molecule has 2 rings (SSSR count). The maximum Gasteiger partial charge on any atom is 0.307 e. The number of benzene rings is 1. The second kappa shape index (κ2) is 4.67. The van der Waals surface area contributed by atoms with E-state index in [1.54, 1.807) is 12.1 Å². The van der Waals surface area contributed by atoms with Crippen LogP contribution in [0.15, 0.2) is 24.3 Å². The van der Waals surface area contributed by atoms with Crippen LogP contribution in [0, 0.1) is 5.92 Å². The summed E-state index contributed by atoms with van der Waals surface area (Å²) in [5.41, 5.74) is 1.38. The van der Waals surface area contributed by atoms with Crippen LogP contribution in [0.5, 0.6) is 0 Å². The third-order valence-corrected chi connectivity index (χ3v) is 3.17. The van der Waals surface area contributed by atoms with E-state index in [0.29, 0.717) is 12.0 Å². The van der Waals surface area contributed by atoms with Gasteiger partial charge in [-0.15, -0.1) is 0 Å². The lowest BCUT2D eigenvalue weighted by Crippen LogP contribution is -2.17. The molecule has 0 saturated heterocycles. The largest absolute Gasteiger partial charge is 0.481 e. The Kier molecular flexibility index (Phi) is 3.24. The molecule has 0 spiro atoms. The van der Waals surface area contributed by atoms with Crippen molar-refractivity contribution in [3.8, 4) is 0 Å². The predicted octanol–water partition coefficient (Wildman–Crippen LogP) is 2.05. The van der Waals surface area contributed by atoms with Gasteiger partial charge in [0.2, 0.25) is 0 Å². The molecule has 0 bridgehead atoms. The summed E-state index contributed by atoms with van der Waals surface area (Å²) in [6, 6.07) is 7.17. The second-order valence-corrected chi connectivity index (χ2v) is 4.21. The van der Waals surface area contributed by atoms with Crippen LogP contribution >= 0.6 is 0 Å². The number of hydrogen-bond acceptors (Lipinski definition) is 3. The Balaban J connectivity index is 2.43. The highest BCUT2D eigenvalue weighted by molar-refractivity contribution is 5.99. The van der Waals surface area contributed by atoms with E-state index in [1.807, 2.05) is 12.1 Å². The Bertz CT molecular complexity index is 452. The van der Waals surface area contributed by atoms with Crippen LogP contribution in [0.2, 0.25) is 0 Å². The molecule has 0 radical (unpaired) electrons. The molecule has 1 aromatic rings. The summed E-state index contributed by atoms with van der Waals surface area (Å²) >= 11 is 0. The zero-order chi connectivity index (χ0) is 12.4. The van der Waals surface area contributed by atoms with Crippen LogP contribution in [0.3, 0.4) is 0 Å². The molecule has 1 N–H and O–H groups in total. The molecular formula is C13H14O4. The van der Waals surface area contributed by atoms with Crippen molar-refractivity contribution in [1.29, 1.82) is 0 Å². The molecule has 2 unspecified atom stereocenters. The summed E-state index contributed by atoms with van der Waals surface area (Å²) < 4.78 is 5.31. The molecule has 90 valence electrons. The molecule has 17 heavy (non-hydrogen) atoms. The first-order valence-electron chi connectivity index (χ1n) is 5.51. The molecule has 0 aromatic heterocycles. The number of methoxy groups -OCH3 is 1. The number of aliphatic carboxylic acids is 1. The molecule has 0 amide bonds. The number of hydrogen-bond donors (Lipinski definition) is 1. The lowest BCUT2D eigenvalue weighted by atomic mass is 9.98. The van der Waals surface area contributed by atoms with Crippen LogP contribution in [-0.2, 0) is 9.53 Å². The van der Waals surface area contributed by atoms with Crippen LogP contribution in [0.1, 0.15) is 34.9 Å². The van der Waals surface area contributed by atoms with E-state index in [1.165, 1.54) is 7.11 Å². The first-order chi connectivity index (χ1) is 8.13. The Morgan fingerprint density at radius 3 is 2.76 bits per heavy atom. The number of carbonyl (C=O) groups excluding carboxylic acids is 1. The van der Waals surface area contributed by atoms with Gasteiger partial charge in [-0.2, -0.15) is 0 Å². The number of Topliss-reactive ketones (excluding diaryl/α,β-unsaturated/α-hetero) is 1. The number of ether oxygens (including phenoxy) is 1. The van der Waals surface area contributed by atoms with Crippen LogP contribution < -0.4 is 0 Å². The van der Waals surface area contributed by atoms with Gasteiger partial charge in [-0.3, -0.25) is 9.59 Å². The van der Waals surface area contributed by atoms with E-state index in [9.17, 15) is 9.59 Å². The second-order valence-electron chi connectivity index (χ2n) is 4.21. The first-order valence-corrected chi connectivity index (χ1v) is 5.51. The Morgan fingerprint density at radius 1 is 1.41 bits per heavy atom. The molecule has 0 heterocycles. The van der Waals surface area contributed by atoms with Gasteiger partial charge in [-0.1, -0.05) is 24.3 Å². The Morgan fingerprint density at radius 2 is 2.12 bits per heavy atom. The van der Waals surface area contributed by atoms with Gasteiger partial charge in [0.15, 0.2) is 5.78 Å². The van der Waals surface area contributed by atoms with Crippen molar-refractivity contribution < 1.29 is 19.4 Å². The molecule has 1 aliphatic carbocycles. The SMILES string of the molecule is COC1CC(C(=O)O)CC(=O)c2ccccc21. The van der Waals surface area contributed by atoms with Crippen molar-refractivity contribution in [2.45, 2.75) is 18.9 Å². The maximum atomic E-state index is 12.0. The summed E-state index contributed by atoms with van der Waals surface area (Å²) in [5.74, 6) is -1.72. The van der Waals surface area contributed by atoms with E-state index in [-0.39, 0.29) is 18.3 Å². The van der Waals surface area contributed by atoms with Gasteiger partial charge < -0.3 is 9.84 Å². The molecule has 0 aliphatic heterocycles. The molecule has 0 saturated carbocycles. The maximum absolute atomic E-state index is 12.0. The minimum Gasteiger partial charge on any atom is -0.481 e. The number of fused-ring (bicyclic) bond motifs is 1. The third kappa shape index (κ3) is 2.22. The van der Waals surface area contributed by atoms with Gasteiger partial charge >= 0.3 is 5.97 Å². The number of rotatable bonds is 2. The standard InChI is InChI=1S/C13H14O4/c1-17-12-7-8(13(15)16)6-11(14)9-4-2-3-5-10(9)12/h2-5,8,12H,6-7H2,1H3,(H,15,16). The zero-order valence-corrected chi connectivity index (χ0v) is 9.55. The van der Waals surface area contributed by atoms with Crippen LogP contribution in [0.4, 0.5) is 0 Å². The minimum absolute atomic E-state index is 0.0478. The lowest BCUT2D eigenvalue weighted by molar-refractivity contribution is -0.142. The third-order valence-electron chi connectivity index (χ3n) is 3.17. The summed E-state index contributed by atoms with van der Waals surface area (Å²) in [7, 11) is 1.54. The van der Waals surface area contributed by atoms with Crippen LogP contribution in [-0.4, -0.2) is 24.0 Å². The highest BCUT2D eigenvalue weighted by Crippen LogP contribution is 2.33. The fraction of sp³-hybridized carbons (Fsp3) is 0.385. The highest BCUT2D eigenvalue weighted by Gasteiger charge is 2.32. The Hall–Kier alpha value is -1.68. The topological polar surface area (TPSA) is 63.6 Å². The molecular weight excluding hydrogens is 220 g/mol. The molecule has 2 atom stereocenters. The molecule has 1 aliphatic rings. The normalized spacial score (nSPS) is 23.9. The fourth-order valence-corrected chi connectivity index (χ4v) is 2.25. The number of carboxylic acid groups (broad SMARTS) is 1. The highest BCUT2D eigenvalue weighted by atomic mass is 16.5. The van der Waals surface area contributed by atoms with E-state index < -0.39 is 11.9 Å². The van der Waals surface area contributed by atoms with E-state index >= 15 is 0 Å². The average Bonchev–Trinajstić information content (AvgIpc) is 2.47. The van der Waals surface area contributed by atoms with Crippen molar-refractivity contribution in [3.05, 3.63) is 35.4 Å². The monoisotopic (exact) mass is 234 g/mol. The lowest BCUT2D eigenvalue weighted by Gasteiger charge is -2.17. The summed E-state index contributed by atoms with van der Waals surface area (Å²) in [6.07, 6.45) is 0.0691. The molecule has 4 heteroatoms. The van der Waals surface area contributed by atoms with Crippen molar-refractivity contribution in [3.63, 3.8) is 0 Å². The minimum atomic E-state index is -0.937. The Labute approximate surface area is 99.2 Å². The zero-order valence-electron chi connectivity index (χ0n) is 9.55. The molecule has 4 nitrogen and oxygen atoms in total. The fourth-order valence-electron chi connectivity index (χ4n) is 2.25. The number of carboxylic acids is 1. The van der Waals surface area contributed by atoms with Crippen molar-refractivity contribution >= 4 is 11.8 Å². The van der Waals surface area contributed by atoms with Crippen molar-refractivity contribution in [2.75, 3.05) is 7.11 Å². The van der Waals surface area contributed by atoms with Crippen LogP contribution in [0.25, 0.3) is 0 Å². The van der Waals surface area contributed by atoms with Gasteiger partial charge in [-0.05, 0) is 12.0 Å². The number of ketones is 1. The quantitative estimate of drug-likeness (QED) is 0.795. The molecule has 1 aromatic carbocycles. The van der Waals surface area contributed by atoms with Gasteiger partial charge in [0.1, 0.15) is 0 Å². The smallest absolute Gasteiger partial charge is 0.307 e. The van der Waals surface area contributed by atoms with Gasteiger partial charge in [-0.25, -0.2) is 0 Å². The summed E-state index contributed by atoms with van der Waals surface area (Å²) in [5, 5.41) is 9.07. The first kappa shape index (κ1) is 11.8. The summed E-state index contributed by atoms with van der Waals surface area (Å²) in [4.78, 5) is 23.0. The average molecular weight is 234 g/mol. The van der Waals surface area contributed by atoms with Gasteiger partial charge in [0, 0.05) is 19.1 Å². The van der Waals surface area contributed by atoms with E-state index in [2.05, 4.69) is 0 Å². The van der Waals surface area contributed by atoms with Gasteiger partial charge in [0.05, 0.1) is 12.0 Å². The van der Waals surface area contributed by atoms with E-state index in [4.69, 9.17) is 9.84 Å². The molecule has 0 fully saturated rings. The summed E-state index contributed by atoms with van der Waals surface area (Å²) in [6.45, 7) is 0. The van der Waals surface area contributed by atoms with E-state index in [0.717, 1.165) is 5.56 Å². The van der Waals surface area contributed by atoms with Crippen molar-refractivity contribution in [1.82, 2.24) is 0 Å².